The minimum Gasteiger partial charge on any atom is -0.393 e. The highest BCUT2D eigenvalue weighted by atomic mass is 16.3. The molecule has 0 aromatic carbocycles. The average molecular weight is 417 g/mol. The van der Waals surface area contributed by atoms with Crippen LogP contribution in [0.1, 0.15) is 91.9 Å². The molecule has 0 bridgehead atoms. The van der Waals surface area contributed by atoms with Gasteiger partial charge in [-0.05, 0) is 100 Å². The number of fused-ring (bicyclic) bond motifs is 1. The highest BCUT2D eigenvalue weighted by Gasteiger charge is 2.50. The van der Waals surface area contributed by atoms with Crippen LogP contribution >= 0.6 is 0 Å². The normalized spacial score (nSPS) is 37.4. The maximum atomic E-state index is 10.5. The first-order chi connectivity index (χ1) is 14.0. The van der Waals surface area contributed by atoms with Crippen LogP contribution in [0.2, 0.25) is 0 Å². The van der Waals surface area contributed by atoms with Crippen LogP contribution in [-0.4, -0.2) is 33.1 Å². The van der Waals surface area contributed by atoms with Crippen molar-refractivity contribution in [3.63, 3.8) is 0 Å². The molecule has 0 amide bonds. The standard InChI is InChI=1S/C27H44O3/c1-18-8-11-22(28)16-21(18)10-9-20-7-6-14-27(5)24(12-13-25(20)27)19(2)15-23(29)17-26(3,4)30/h9-10,19,22-25,28-30H,1,6-8,11-17H2,2-5H3/t19-,22-,23?,24-,25?,27-/m1/s1. The van der Waals surface area contributed by atoms with Gasteiger partial charge in [-0.1, -0.05) is 43.7 Å². The van der Waals surface area contributed by atoms with Crippen molar-refractivity contribution in [3.8, 4) is 0 Å². The van der Waals surface area contributed by atoms with Gasteiger partial charge in [0.2, 0.25) is 0 Å². The molecule has 0 spiro atoms. The maximum absolute atomic E-state index is 10.5. The third-order valence-electron chi connectivity index (χ3n) is 8.29. The molecular formula is C27H44O3. The summed E-state index contributed by atoms with van der Waals surface area (Å²) in [7, 11) is 0. The highest BCUT2D eigenvalue weighted by molar-refractivity contribution is 5.36. The predicted octanol–water partition coefficient (Wildman–Crippen LogP) is 5.70. The van der Waals surface area contributed by atoms with E-state index < -0.39 is 11.7 Å². The summed E-state index contributed by atoms with van der Waals surface area (Å²) in [4.78, 5) is 0. The predicted molar refractivity (Wildman–Crippen MR) is 124 cm³/mol. The summed E-state index contributed by atoms with van der Waals surface area (Å²) in [6.07, 6.45) is 13.8. The van der Waals surface area contributed by atoms with Gasteiger partial charge in [-0.3, -0.25) is 0 Å². The Bertz CT molecular complexity index is 683. The van der Waals surface area contributed by atoms with E-state index in [1.54, 1.807) is 19.4 Å². The highest BCUT2D eigenvalue weighted by Crippen LogP contribution is 2.60. The number of rotatable bonds is 6. The Hall–Kier alpha value is -0.900. The van der Waals surface area contributed by atoms with Crippen LogP contribution in [0.15, 0.2) is 35.5 Å². The van der Waals surface area contributed by atoms with Crippen LogP contribution in [0.4, 0.5) is 0 Å². The molecule has 2 unspecified atom stereocenters. The first-order valence-corrected chi connectivity index (χ1v) is 12.2. The van der Waals surface area contributed by atoms with E-state index in [1.165, 1.54) is 43.3 Å². The molecule has 6 atom stereocenters. The van der Waals surface area contributed by atoms with Gasteiger partial charge in [-0.25, -0.2) is 0 Å². The number of aliphatic hydroxyl groups excluding tert-OH is 2. The Morgan fingerprint density at radius 3 is 2.63 bits per heavy atom. The number of hydrogen-bond donors (Lipinski definition) is 3. The van der Waals surface area contributed by atoms with Crippen molar-refractivity contribution in [2.45, 2.75) is 110 Å². The van der Waals surface area contributed by atoms with Crippen molar-refractivity contribution in [2.24, 2.45) is 23.2 Å². The minimum absolute atomic E-state index is 0.219. The minimum atomic E-state index is -0.813. The molecule has 0 aliphatic heterocycles. The van der Waals surface area contributed by atoms with Crippen molar-refractivity contribution in [2.75, 3.05) is 0 Å². The van der Waals surface area contributed by atoms with E-state index in [-0.39, 0.29) is 6.10 Å². The molecule has 170 valence electrons. The van der Waals surface area contributed by atoms with Gasteiger partial charge in [0, 0.05) is 6.42 Å². The van der Waals surface area contributed by atoms with Gasteiger partial charge in [0.05, 0.1) is 17.8 Å². The van der Waals surface area contributed by atoms with Gasteiger partial charge in [-0.2, -0.15) is 0 Å². The van der Waals surface area contributed by atoms with Crippen LogP contribution in [0.3, 0.4) is 0 Å². The van der Waals surface area contributed by atoms with Crippen molar-refractivity contribution in [3.05, 3.63) is 35.5 Å². The summed E-state index contributed by atoms with van der Waals surface area (Å²) in [6.45, 7) is 12.6. The molecule has 3 nitrogen and oxygen atoms in total. The zero-order valence-electron chi connectivity index (χ0n) is 19.7. The number of hydrogen-bond acceptors (Lipinski definition) is 3. The Labute approximate surface area is 184 Å². The molecule has 3 saturated carbocycles. The topological polar surface area (TPSA) is 60.7 Å². The van der Waals surface area contributed by atoms with E-state index in [0.29, 0.717) is 29.6 Å². The first-order valence-electron chi connectivity index (χ1n) is 12.2. The summed E-state index contributed by atoms with van der Waals surface area (Å²) in [5.41, 5.74) is 3.49. The second-order valence-corrected chi connectivity index (χ2v) is 11.4. The Morgan fingerprint density at radius 2 is 1.93 bits per heavy atom. The van der Waals surface area contributed by atoms with Gasteiger partial charge in [0.1, 0.15) is 0 Å². The van der Waals surface area contributed by atoms with Gasteiger partial charge >= 0.3 is 0 Å². The van der Waals surface area contributed by atoms with E-state index in [9.17, 15) is 15.3 Å². The molecule has 0 saturated heterocycles. The van der Waals surface area contributed by atoms with Gasteiger partial charge in [0.25, 0.3) is 0 Å². The lowest BCUT2D eigenvalue weighted by Gasteiger charge is -2.44. The van der Waals surface area contributed by atoms with Gasteiger partial charge in [-0.15, -0.1) is 0 Å². The van der Waals surface area contributed by atoms with Crippen LogP contribution in [0.25, 0.3) is 0 Å². The first kappa shape index (κ1) is 23.8. The van der Waals surface area contributed by atoms with Crippen LogP contribution in [0.5, 0.6) is 0 Å². The lowest BCUT2D eigenvalue weighted by molar-refractivity contribution is 0.000134. The molecule has 0 aromatic heterocycles. The molecule has 0 aromatic rings. The Balaban J connectivity index is 1.71. The Kier molecular flexibility index (Phi) is 7.37. The van der Waals surface area contributed by atoms with E-state index in [1.807, 2.05) is 0 Å². The fourth-order valence-corrected chi connectivity index (χ4v) is 6.86. The molecule has 3 N–H and O–H groups in total. The molecule has 0 radical (unpaired) electrons. The quantitative estimate of drug-likeness (QED) is 0.520. The van der Waals surface area contributed by atoms with E-state index in [4.69, 9.17) is 0 Å². The maximum Gasteiger partial charge on any atom is 0.0616 e. The molecule has 3 rings (SSSR count). The average Bonchev–Trinajstić information content (AvgIpc) is 2.98. The van der Waals surface area contributed by atoms with Crippen molar-refractivity contribution in [1.82, 2.24) is 0 Å². The van der Waals surface area contributed by atoms with Crippen molar-refractivity contribution >= 4 is 0 Å². The van der Waals surface area contributed by atoms with Gasteiger partial charge < -0.3 is 15.3 Å². The summed E-state index contributed by atoms with van der Waals surface area (Å²) >= 11 is 0. The van der Waals surface area contributed by atoms with Crippen LogP contribution in [-0.2, 0) is 0 Å². The number of allylic oxidation sites excluding steroid dienone is 4. The summed E-state index contributed by atoms with van der Waals surface area (Å²) < 4.78 is 0. The molecule has 3 aliphatic carbocycles. The summed E-state index contributed by atoms with van der Waals surface area (Å²) in [6, 6.07) is 0. The van der Waals surface area contributed by atoms with Crippen molar-refractivity contribution < 1.29 is 15.3 Å². The second kappa shape index (κ2) is 9.30. The molecule has 0 heterocycles. The fourth-order valence-electron chi connectivity index (χ4n) is 6.86. The fraction of sp³-hybridized carbons (Fsp3) is 0.778. The summed E-state index contributed by atoms with van der Waals surface area (Å²) in [5, 5.41) is 30.6. The monoisotopic (exact) mass is 416 g/mol. The second-order valence-electron chi connectivity index (χ2n) is 11.4. The Morgan fingerprint density at radius 1 is 1.20 bits per heavy atom. The third kappa shape index (κ3) is 5.47. The molecule has 30 heavy (non-hydrogen) atoms. The van der Waals surface area contributed by atoms with E-state index >= 15 is 0 Å². The van der Waals surface area contributed by atoms with Gasteiger partial charge in [0.15, 0.2) is 0 Å². The summed E-state index contributed by atoms with van der Waals surface area (Å²) in [5.74, 6) is 1.72. The SMILES string of the molecule is C=C1CC[C@@H](O)CC1=CC=C1CCC[C@@]2(C)C1CC[C@@H]2[C@H](C)CC(O)CC(C)(C)O. The van der Waals surface area contributed by atoms with E-state index in [0.717, 1.165) is 25.7 Å². The van der Waals surface area contributed by atoms with Crippen LogP contribution in [0, 0.1) is 23.2 Å². The van der Waals surface area contributed by atoms with E-state index in [2.05, 4.69) is 32.6 Å². The molecule has 3 aliphatic rings. The lowest BCUT2D eigenvalue weighted by atomic mass is 9.60. The lowest BCUT2D eigenvalue weighted by Crippen LogP contribution is -2.37. The smallest absolute Gasteiger partial charge is 0.0616 e. The molecular weight excluding hydrogens is 372 g/mol. The molecule has 3 heteroatoms. The zero-order valence-corrected chi connectivity index (χ0v) is 19.7. The van der Waals surface area contributed by atoms with Crippen LogP contribution < -0.4 is 0 Å². The zero-order chi connectivity index (χ0) is 22.1. The largest absolute Gasteiger partial charge is 0.393 e. The number of aliphatic hydroxyl groups is 3. The molecule has 3 fully saturated rings. The third-order valence-corrected chi connectivity index (χ3v) is 8.29. The van der Waals surface area contributed by atoms with Crippen molar-refractivity contribution in [1.29, 1.82) is 0 Å².